The molecule has 24 heavy (non-hydrogen) atoms. The zero-order chi connectivity index (χ0) is 17.4. The van der Waals surface area contributed by atoms with Crippen LogP contribution >= 0.6 is 34.9 Å². The van der Waals surface area contributed by atoms with Gasteiger partial charge in [-0.15, -0.1) is 10.2 Å². The number of para-hydroxylation sites is 1. The minimum absolute atomic E-state index is 0.00793. The summed E-state index contributed by atoms with van der Waals surface area (Å²) in [5.74, 6) is 1.41. The maximum atomic E-state index is 12.3. The van der Waals surface area contributed by atoms with Gasteiger partial charge in [0.1, 0.15) is 0 Å². The number of carbonyl (C=O) groups is 1. The number of hydrogen-bond donors (Lipinski definition) is 1. The van der Waals surface area contributed by atoms with Crippen molar-refractivity contribution in [1.29, 1.82) is 0 Å². The quantitative estimate of drug-likeness (QED) is 0.626. The van der Waals surface area contributed by atoms with E-state index in [0.717, 1.165) is 39.4 Å². The summed E-state index contributed by atoms with van der Waals surface area (Å²) >= 11 is 4.73. The summed E-state index contributed by atoms with van der Waals surface area (Å²) in [6, 6.07) is 6.20. The number of thioether (sulfide) groups is 2. The molecule has 1 aromatic carbocycles. The third-order valence-corrected chi connectivity index (χ3v) is 6.80. The fourth-order valence-electron chi connectivity index (χ4n) is 2.21. The Morgan fingerprint density at radius 1 is 1.08 bits per heavy atom. The molecule has 0 saturated carbocycles. The molecule has 1 heterocycles. The number of aromatic nitrogens is 2. The molecule has 2 rings (SSSR count). The topological polar surface area (TPSA) is 54.9 Å². The highest BCUT2D eigenvalue weighted by molar-refractivity contribution is 8.03. The third-order valence-electron chi connectivity index (χ3n) is 3.41. The summed E-state index contributed by atoms with van der Waals surface area (Å²) in [7, 11) is 0. The highest BCUT2D eigenvalue weighted by atomic mass is 32.2. The van der Waals surface area contributed by atoms with Crippen molar-refractivity contribution in [3.8, 4) is 0 Å². The molecule has 1 N–H and O–H groups in total. The maximum absolute atomic E-state index is 12.3. The molecule has 0 spiro atoms. The average Bonchev–Trinajstić information content (AvgIpc) is 3.06. The van der Waals surface area contributed by atoms with E-state index in [4.69, 9.17) is 0 Å². The molecule has 0 saturated heterocycles. The lowest BCUT2D eigenvalue weighted by Gasteiger charge is -2.14. The van der Waals surface area contributed by atoms with Crippen LogP contribution in [0.3, 0.4) is 0 Å². The second-order valence-corrected chi connectivity index (χ2v) is 8.72. The highest BCUT2D eigenvalue weighted by Gasteiger charge is 2.12. The van der Waals surface area contributed by atoms with E-state index in [2.05, 4.69) is 54.5 Å². The van der Waals surface area contributed by atoms with E-state index in [9.17, 15) is 4.79 Å². The van der Waals surface area contributed by atoms with E-state index in [1.165, 1.54) is 22.9 Å². The Morgan fingerprint density at radius 3 is 2.29 bits per heavy atom. The lowest BCUT2D eigenvalue weighted by atomic mass is 10.0. The maximum Gasteiger partial charge on any atom is 0.234 e. The third kappa shape index (κ3) is 5.50. The van der Waals surface area contributed by atoms with Gasteiger partial charge in [-0.25, -0.2) is 0 Å². The van der Waals surface area contributed by atoms with Crippen LogP contribution in [-0.4, -0.2) is 27.6 Å². The summed E-state index contributed by atoms with van der Waals surface area (Å²) in [4.78, 5) is 12.3. The molecule has 0 unspecified atom stereocenters. The fraction of sp³-hybridized carbons (Fsp3) is 0.471. The normalized spacial score (nSPS) is 10.8. The number of nitrogens with zero attached hydrogens (tertiary/aromatic N) is 2. The first-order valence-corrected chi connectivity index (χ1v) is 11.0. The van der Waals surface area contributed by atoms with Crippen molar-refractivity contribution in [2.75, 3.05) is 16.8 Å². The fourth-order valence-corrected chi connectivity index (χ4v) is 4.95. The molecular weight excluding hydrogens is 358 g/mol. The number of aryl methyl sites for hydroxylation is 2. The molecule has 130 valence electrons. The van der Waals surface area contributed by atoms with Gasteiger partial charge in [0.05, 0.1) is 5.75 Å². The van der Waals surface area contributed by atoms with Gasteiger partial charge in [0.25, 0.3) is 0 Å². The van der Waals surface area contributed by atoms with Gasteiger partial charge in [0.2, 0.25) is 5.91 Å². The zero-order valence-corrected chi connectivity index (χ0v) is 16.7. The van der Waals surface area contributed by atoms with E-state index in [0.29, 0.717) is 5.75 Å². The van der Waals surface area contributed by atoms with Crippen LogP contribution in [0.2, 0.25) is 0 Å². The minimum Gasteiger partial charge on any atom is -0.325 e. The summed E-state index contributed by atoms with van der Waals surface area (Å²) < 4.78 is 1.83. The summed E-state index contributed by atoms with van der Waals surface area (Å²) in [5, 5.41) is 11.4. The predicted octanol–water partition coefficient (Wildman–Crippen LogP) is 4.90. The molecule has 1 aromatic heterocycles. The SMILES string of the molecule is CCCSc1nnc(SCC(=O)Nc2c(CC)cccc2CC)s1. The molecule has 2 aromatic rings. The standard InChI is InChI=1S/C17H23N3OS3/c1-4-10-22-16-19-20-17(24-16)23-11-14(21)18-15-12(5-2)8-7-9-13(15)6-3/h7-9H,4-6,10-11H2,1-3H3,(H,18,21). The molecule has 0 fully saturated rings. The van der Waals surface area contributed by atoms with Crippen LogP contribution in [0.1, 0.15) is 38.3 Å². The molecule has 7 heteroatoms. The van der Waals surface area contributed by atoms with Gasteiger partial charge in [-0.2, -0.15) is 0 Å². The van der Waals surface area contributed by atoms with Gasteiger partial charge in [-0.05, 0) is 30.4 Å². The second kappa shape index (κ2) is 10.1. The molecule has 0 aliphatic rings. The Balaban J connectivity index is 1.93. The van der Waals surface area contributed by atoms with Gasteiger partial charge in [-0.1, -0.05) is 73.8 Å². The van der Waals surface area contributed by atoms with Crippen LogP contribution in [-0.2, 0) is 17.6 Å². The largest absolute Gasteiger partial charge is 0.325 e. The van der Waals surface area contributed by atoms with Crippen molar-refractivity contribution in [2.24, 2.45) is 0 Å². The number of carbonyl (C=O) groups excluding carboxylic acids is 1. The number of benzene rings is 1. The van der Waals surface area contributed by atoms with Crippen molar-refractivity contribution >= 4 is 46.5 Å². The smallest absolute Gasteiger partial charge is 0.234 e. The Kier molecular flexibility index (Phi) is 8.08. The Labute approximate surface area is 156 Å². The minimum atomic E-state index is 0.00793. The van der Waals surface area contributed by atoms with Crippen LogP contribution in [0.5, 0.6) is 0 Å². The van der Waals surface area contributed by atoms with Gasteiger partial charge in [0, 0.05) is 11.4 Å². The van der Waals surface area contributed by atoms with Gasteiger partial charge in [-0.3, -0.25) is 4.79 Å². The van der Waals surface area contributed by atoms with Crippen molar-refractivity contribution in [1.82, 2.24) is 10.2 Å². The van der Waals surface area contributed by atoms with Crippen molar-refractivity contribution < 1.29 is 4.79 Å². The second-order valence-electron chi connectivity index (χ2n) is 5.18. The van der Waals surface area contributed by atoms with Gasteiger partial charge < -0.3 is 5.32 Å². The Hall–Kier alpha value is -1.05. The molecule has 0 atom stereocenters. The van der Waals surface area contributed by atoms with Gasteiger partial charge in [0.15, 0.2) is 8.68 Å². The number of amides is 1. The predicted molar refractivity (Wildman–Crippen MR) is 105 cm³/mol. The molecule has 4 nitrogen and oxygen atoms in total. The molecule has 1 amide bonds. The van der Waals surface area contributed by atoms with E-state index in [1.807, 2.05) is 0 Å². The Bertz CT molecular complexity index is 651. The van der Waals surface area contributed by atoms with Crippen molar-refractivity contribution in [3.63, 3.8) is 0 Å². The molecule has 0 aliphatic heterocycles. The molecular formula is C17H23N3OS3. The lowest BCUT2D eigenvalue weighted by molar-refractivity contribution is -0.113. The van der Waals surface area contributed by atoms with Gasteiger partial charge >= 0.3 is 0 Å². The molecule has 0 bridgehead atoms. The van der Waals surface area contributed by atoms with Crippen molar-refractivity contribution in [3.05, 3.63) is 29.3 Å². The zero-order valence-electron chi connectivity index (χ0n) is 14.3. The van der Waals surface area contributed by atoms with E-state index in [1.54, 1.807) is 23.1 Å². The first kappa shape index (κ1) is 19.3. The average molecular weight is 382 g/mol. The highest BCUT2D eigenvalue weighted by Crippen LogP contribution is 2.29. The van der Waals surface area contributed by atoms with Crippen LogP contribution in [0.4, 0.5) is 5.69 Å². The summed E-state index contributed by atoms with van der Waals surface area (Å²) in [6.07, 6.45) is 2.93. The molecule has 0 aliphatic carbocycles. The number of anilines is 1. The van der Waals surface area contributed by atoms with Crippen LogP contribution in [0, 0.1) is 0 Å². The van der Waals surface area contributed by atoms with E-state index >= 15 is 0 Å². The van der Waals surface area contributed by atoms with Crippen LogP contribution in [0.25, 0.3) is 0 Å². The summed E-state index contributed by atoms with van der Waals surface area (Å²) in [6.45, 7) is 6.36. The first-order chi connectivity index (χ1) is 11.7. The Morgan fingerprint density at radius 2 is 1.71 bits per heavy atom. The van der Waals surface area contributed by atoms with Crippen LogP contribution < -0.4 is 5.32 Å². The van der Waals surface area contributed by atoms with E-state index in [-0.39, 0.29) is 5.91 Å². The number of hydrogen-bond acceptors (Lipinski definition) is 6. The molecule has 0 radical (unpaired) electrons. The summed E-state index contributed by atoms with van der Waals surface area (Å²) in [5.41, 5.74) is 3.34. The van der Waals surface area contributed by atoms with E-state index < -0.39 is 0 Å². The first-order valence-electron chi connectivity index (χ1n) is 8.17. The van der Waals surface area contributed by atoms with Crippen LogP contribution in [0.15, 0.2) is 26.9 Å². The lowest BCUT2D eigenvalue weighted by Crippen LogP contribution is -2.16. The number of nitrogens with one attached hydrogen (secondary N) is 1. The monoisotopic (exact) mass is 381 g/mol. The van der Waals surface area contributed by atoms with Crippen molar-refractivity contribution in [2.45, 2.75) is 48.7 Å². The number of rotatable bonds is 9.